The maximum atomic E-state index is 12.6. The van der Waals surface area contributed by atoms with Gasteiger partial charge in [0.15, 0.2) is 10.6 Å². The molecule has 2 aromatic carbocycles. The topological polar surface area (TPSA) is 66.0 Å². The number of rotatable bonds is 7. The van der Waals surface area contributed by atoms with Crippen LogP contribution in [0.5, 0.6) is 0 Å². The second-order valence-electron chi connectivity index (χ2n) is 8.50. The predicted molar refractivity (Wildman–Crippen MR) is 130 cm³/mol. The standard InChI is InChI=1S/C24H28ClN5OS/c1-17-10-12-29(13-11-17)15-19-4-2-18(3-5-19)14-26-22(31)16-30-23(27-28-24(30)32)20-6-8-21(25)9-7-20/h2-9,17H,10-16H2,1H3,(H,26,31)(H,28,32). The molecular formula is C24H28ClN5OS. The zero-order valence-corrected chi connectivity index (χ0v) is 19.8. The molecule has 0 aliphatic carbocycles. The number of hydrogen-bond acceptors (Lipinski definition) is 4. The molecule has 1 amide bonds. The maximum Gasteiger partial charge on any atom is 0.240 e. The van der Waals surface area contributed by atoms with Crippen LogP contribution in [0.1, 0.15) is 30.9 Å². The third-order valence-corrected chi connectivity index (χ3v) is 6.52. The maximum absolute atomic E-state index is 12.6. The van der Waals surface area contributed by atoms with E-state index in [0.717, 1.165) is 23.6 Å². The summed E-state index contributed by atoms with van der Waals surface area (Å²) in [6.45, 7) is 6.24. The number of nitrogens with zero attached hydrogens (tertiary/aromatic N) is 3. The van der Waals surface area contributed by atoms with Crippen molar-refractivity contribution in [2.45, 2.75) is 39.4 Å². The van der Waals surface area contributed by atoms with E-state index in [1.807, 2.05) is 12.1 Å². The summed E-state index contributed by atoms with van der Waals surface area (Å²) >= 11 is 11.3. The minimum absolute atomic E-state index is 0.0960. The molecule has 4 rings (SSSR count). The number of likely N-dealkylation sites (tertiary alicyclic amines) is 1. The molecule has 0 atom stereocenters. The average Bonchev–Trinajstić information content (AvgIpc) is 3.15. The fraction of sp³-hybridized carbons (Fsp3) is 0.375. The minimum atomic E-state index is -0.121. The van der Waals surface area contributed by atoms with E-state index in [1.165, 1.54) is 31.5 Å². The number of piperidine rings is 1. The van der Waals surface area contributed by atoms with Crippen LogP contribution in [0.4, 0.5) is 0 Å². The third-order valence-electron chi connectivity index (χ3n) is 5.96. The quantitative estimate of drug-likeness (QED) is 0.487. The summed E-state index contributed by atoms with van der Waals surface area (Å²) in [4.78, 5) is 15.1. The van der Waals surface area contributed by atoms with Gasteiger partial charge in [-0.3, -0.25) is 19.4 Å². The summed E-state index contributed by atoms with van der Waals surface area (Å²) in [5.41, 5.74) is 3.23. The fourth-order valence-corrected chi connectivity index (χ4v) is 4.25. The van der Waals surface area contributed by atoms with Crippen molar-refractivity contribution in [3.63, 3.8) is 0 Å². The van der Waals surface area contributed by atoms with Crippen molar-refractivity contribution in [3.8, 4) is 11.4 Å². The Balaban J connectivity index is 1.31. The van der Waals surface area contributed by atoms with E-state index < -0.39 is 0 Å². The van der Waals surface area contributed by atoms with Gasteiger partial charge in [0.1, 0.15) is 6.54 Å². The van der Waals surface area contributed by atoms with Crippen molar-refractivity contribution >= 4 is 29.7 Å². The van der Waals surface area contributed by atoms with Gasteiger partial charge in [0.2, 0.25) is 5.91 Å². The van der Waals surface area contributed by atoms with E-state index in [9.17, 15) is 4.79 Å². The lowest BCUT2D eigenvalue weighted by atomic mass is 9.99. The molecule has 0 saturated carbocycles. The molecular weight excluding hydrogens is 442 g/mol. The smallest absolute Gasteiger partial charge is 0.240 e. The number of nitrogens with one attached hydrogen (secondary N) is 2. The largest absolute Gasteiger partial charge is 0.350 e. The van der Waals surface area contributed by atoms with Crippen LogP contribution in [0.2, 0.25) is 5.02 Å². The molecule has 0 spiro atoms. The number of benzene rings is 2. The lowest BCUT2D eigenvalue weighted by Crippen LogP contribution is -2.32. The van der Waals surface area contributed by atoms with E-state index in [4.69, 9.17) is 23.8 Å². The Morgan fingerprint density at radius 3 is 2.47 bits per heavy atom. The second-order valence-corrected chi connectivity index (χ2v) is 9.32. The van der Waals surface area contributed by atoms with E-state index >= 15 is 0 Å². The minimum Gasteiger partial charge on any atom is -0.350 e. The van der Waals surface area contributed by atoms with E-state index in [-0.39, 0.29) is 12.5 Å². The summed E-state index contributed by atoms with van der Waals surface area (Å²) in [5.74, 6) is 1.33. The molecule has 0 unspecified atom stereocenters. The van der Waals surface area contributed by atoms with Gasteiger partial charge in [-0.2, -0.15) is 5.10 Å². The van der Waals surface area contributed by atoms with Crippen molar-refractivity contribution in [1.82, 2.24) is 25.0 Å². The first-order chi connectivity index (χ1) is 15.5. The van der Waals surface area contributed by atoms with Gasteiger partial charge in [-0.25, -0.2) is 0 Å². The lowest BCUT2D eigenvalue weighted by molar-refractivity contribution is -0.121. The first-order valence-electron chi connectivity index (χ1n) is 11.0. The molecule has 32 heavy (non-hydrogen) atoms. The van der Waals surface area contributed by atoms with Crippen LogP contribution in [0, 0.1) is 10.7 Å². The molecule has 1 saturated heterocycles. The number of amides is 1. The summed E-state index contributed by atoms with van der Waals surface area (Å²) in [6, 6.07) is 15.8. The summed E-state index contributed by atoms with van der Waals surface area (Å²) in [5, 5.41) is 10.7. The number of hydrogen-bond donors (Lipinski definition) is 2. The van der Waals surface area contributed by atoms with Crippen molar-refractivity contribution in [3.05, 3.63) is 69.5 Å². The molecule has 6 nitrogen and oxygen atoms in total. The highest BCUT2D eigenvalue weighted by atomic mass is 35.5. The highest BCUT2D eigenvalue weighted by molar-refractivity contribution is 7.71. The van der Waals surface area contributed by atoms with E-state index in [0.29, 0.717) is 22.2 Å². The molecule has 2 heterocycles. The SMILES string of the molecule is CC1CCN(Cc2ccc(CNC(=O)Cn3c(-c4ccc(Cl)cc4)n[nH]c3=S)cc2)CC1. The molecule has 1 aliphatic rings. The first kappa shape index (κ1) is 22.7. The highest BCUT2D eigenvalue weighted by Crippen LogP contribution is 2.20. The Kier molecular flexibility index (Phi) is 7.40. The monoisotopic (exact) mass is 469 g/mol. The van der Waals surface area contributed by atoms with Gasteiger partial charge in [-0.1, -0.05) is 42.8 Å². The van der Waals surface area contributed by atoms with Crippen molar-refractivity contribution in [2.75, 3.05) is 13.1 Å². The van der Waals surface area contributed by atoms with Gasteiger partial charge in [0.05, 0.1) is 0 Å². The first-order valence-corrected chi connectivity index (χ1v) is 11.7. The van der Waals surface area contributed by atoms with Gasteiger partial charge in [0.25, 0.3) is 0 Å². The number of aromatic nitrogens is 3. The third kappa shape index (κ3) is 5.85. The zero-order chi connectivity index (χ0) is 22.5. The van der Waals surface area contributed by atoms with Gasteiger partial charge in [-0.15, -0.1) is 0 Å². The number of aromatic amines is 1. The zero-order valence-electron chi connectivity index (χ0n) is 18.2. The lowest BCUT2D eigenvalue weighted by Gasteiger charge is -2.30. The summed E-state index contributed by atoms with van der Waals surface area (Å²) in [6.07, 6.45) is 2.56. The van der Waals surface area contributed by atoms with Crippen molar-refractivity contribution < 1.29 is 4.79 Å². The van der Waals surface area contributed by atoms with Crippen LogP contribution < -0.4 is 5.32 Å². The normalized spacial score (nSPS) is 15.1. The Labute approximate surface area is 198 Å². The van der Waals surface area contributed by atoms with Crippen molar-refractivity contribution in [2.24, 2.45) is 5.92 Å². The van der Waals surface area contributed by atoms with Crippen LogP contribution in [0.25, 0.3) is 11.4 Å². The van der Waals surface area contributed by atoms with Crippen molar-refractivity contribution in [1.29, 1.82) is 0 Å². The van der Waals surface area contributed by atoms with Crippen LogP contribution in [-0.2, 0) is 24.4 Å². The number of halogens is 1. The van der Waals surface area contributed by atoms with Crippen LogP contribution >= 0.6 is 23.8 Å². The van der Waals surface area contributed by atoms with Crippen LogP contribution in [0.15, 0.2) is 48.5 Å². The number of carbonyl (C=O) groups excluding carboxylic acids is 1. The van der Waals surface area contributed by atoms with Gasteiger partial charge in [-0.05, 0) is 79.5 Å². The molecule has 168 valence electrons. The number of H-pyrrole nitrogens is 1. The molecule has 2 N–H and O–H groups in total. The molecule has 1 aromatic heterocycles. The molecule has 0 radical (unpaired) electrons. The molecule has 1 aliphatic heterocycles. The van der Waals surface area contributed by atoms with E-state index in [1.54, 1.807) is 16.7 Å². The molecule has 8 heteroatoms. The second kappa shape index (κ2) is 10.4. The predicted octanol–water partition coefficient (Wildman–Crippen LogP) is 4.81. The van der Waals surface area contributed by atoms with Crippen LogP contribution in [0.3, 0.4) is 0 Å². The highest BCUT2D eigenvalue weighted by Gasteiger charge is 2.16. The summed E-state index contributed by atoms with van der Waals surface area (Å²) < 4.78 is 2.10. The molecule has 0 bridgehead atoms. The van der Waals surface area contributed by atoms with Gasteiger partial charge in [0, 0.05) is 23.7 Å². The van der Waals surface area contributed by atoms with E-state index in [2.05, 4.69) is 51.6 Å². The Morgan fingerprint density at radius 2 is 1.78 bits per heavy atom. The van der Waals surface area contributed by atoms with Gasteiger partial charge < -0.3 is 5.32 Å². The fourth-order valence-electron chi connectivity index (χ4n) is 3.92. The summed E-state index contributed by atoms with van der Waals surface area (Å²) in [7, 11) is 0. The Morgan fingerprint density at radius 1 is 1.12 bits per heavy atom. The number of carbonyl (C=O) groups is 1. The molecule has 3 aromatic rings. The Hall–Kier alpha value is -2.48. The van der Waals surface area contributed by atoms with Gasteiger partial charge >= 0.3 is 0 Å². The molecule has 1 fully saturated rings. The van der Waals surface area contributed by atoms with Crippen LogP contribution in [-0.4, -0.2) is 38.7 Å². The average molecular weight is 470 g/mol. The Bertz CT molecular complexity index is 1100.